The number of rotatable bonds is 4. The van der Waals surface area contributed by atoms with E-state index in [2.05, 4.69) is 0 Å². The molecule has 1 aromatic carbocycles. The van der Waals surface area contributed by atoms with Crippen molar-refractivity contribution in [2.45, 2.75) is 64.4 Å². The summed E-state index contributed by atoms with van der Waals surface area (Å²) < 4.78 is 18.5. The van der Waals surface area contributed by atoms with Gasteiger partial charge in [0.25, 0.3) is 0 Å². The summed E-state index contributed by atoms with van der Waals surface area (Å²) in [4.78, 5) is 12.7. The predicted molar refractivity (Wildman–Crippen MR) is 112 cm³/mol. The van der Waals surface area contributed by atoms with Crippen LogP contribution < -0.4 is 5.46 Å². The van der Waals surface area contributed by atoms with Crippen molar-refractivity contribution in [2.75, 3.05) is 13.1 Å². The molecule has 29 heavy (non-hydrogen) atoms. The molecule has 1 aliphatic carbocycles. The van der Waals surface area contributed by atoms with Gasteiger partial charge in [0, 0.05) is 23.6 Å². The molecule has 1 amide bonds. The lowest BCUT2D eigenvalue weighted by Crippen LogP contribution is -2.41. The lowest BCUT2D eigenvalue weighted by molar-refractivity contribution is 0.00578. The van der Waals surface area contributed by atoms with E-state index in [4.69, 9.17) is 30.8 Å². The number of fused-ring (bicyclic) bond motifs is 1. The maximum Gasteiger partial charge on any atom is 0.496 e. The third-order valence-corrected chi connectivity index (χ3v) is 7.53. The second-order valence-electron chi connectivity index (χ2n) is 9.52. The average Bonchev–Trinajstić information content (AvgIpc) is 3.24. The molecule has 0 spiro atoms. The molecule has 0 unspecified atom stereocenters. The number of likely N-dealkylation sites (tertiary alicyclic amines) is 1. The minimum atomic E-state index is -0.817. The fourth-order valence-electron chi connectivity index (χ4n) is 4.61. The fourth-order valence-corrected chi connectivity index (χ4v) is 4.88. The zero-order chi connectivity index (χ0) is 21.0. The van der Waals surface area contributed by atoms with Gasteiger partial charge in [0.1, 0.15) is 0 Å². The SMILES string of the molecule is CC1(C)OB(c2cccc(CO[C@@H]3C[C@@H]4CN(C(=O)O)C[C@@H]4C3)c2Cl)OC1(C)C. The van der Waals surface area contributed by atoms with Gasteiger partial charge in [-0.25, -0.2) is 4.79 Å². The Kier molecular flexibility index (Phi) is 5.39. The second kappa shape index (κ2) is 7.45. The molecule has 158 valence electrons. The van der Waals surface area contributed by atoms with E-state index in [1.54, 1.807) is 0 Å². The molecule has 0 bridgehead atoms. The van der Waals surface area contributed by atoms with E-state index in [0.717, 1.165) is 23.9 Å². The Morgan fingerprint density at radius 1 is 1.21 bits per heavy atom. The molecule has 2 heterocycles. The standard InChI is InChI=1S/C21H29BClNO5/c1-20(2)21(3,4)29-22(28-20)17-7-5-6-13(18(17)23)12-27-16-8-14-10-24(19(25)26)11-15(14)9-16/h5-7,14-16H,8-12H2,1-4H3,(H,25,26)/t14-,15+,16-. The van der Waals surface area contributed by atoms with Gasteiger partial charge in [0.05, 0.1) is 23.9 Å². The van der Waals surface area contributed by atoms with E-state index < -0.39 is 24.4 Å². The average molecular weight is 422 g/mol. The van der Waals surface area contributed by atoms with Crippen molar-refractivity contribution in [1.29, 1.82) is 0 Å². The van der Waals surface area contributed by atoms with E-state index in [-0.39, 0.29) is 6.10 Å². The van der Waals surface area contributed by atoms with Gasteiger partial charge in [-0.3, -0.25) is 0 Å². The number of amides is 1. The third-order valence-electron chi connectivity index (χ3n) is 7.07. The van der Waals surface area contributed by atoms with Crippen LogP contribution in [0, 0.1) is 11.8 Å². The number of carbonyl (C=O) groups is 1. The number of ether oxygens (including phenoxy) is 1. The van der Waals surface area contributed by atoms with Crippen molar-refractivity contribution in [3.05, 3.63) is 28.8 Å². The Hall–Kier alpha value is -1.28. The highest BCUT2D eigenvalue weighted by Crippen LogP contribution is 2.40. The number of nitrogens with zero attached hydrogens (tertiary/aromatic N) is 1. The Balaban J connectivity index is 1.38. The highest BCUT2D eigenvalue weighted by molar-refractivity contribution is 6.65. The van der Waals surface area contributed by atoms with Gasteiger partial charge in [0.15, 0.2) is 0 Å². The fraction of sp³-hybridized carbons (Fsp3) is 0.667. The molecule has 0 radical (unpaired) electrons. The Morgan fingerprint density at radius 2 is 1.79 bits per heavy atom. The molecule has 1 N–H and O–H groups in total. The smallest absolute Gasteiger partial charge is 0.465 e. The normalized spacial score (nSPS) is 30.0. The monoisotopic (exact) mass is 421 g/mol. The highest BCUT2D eigenvalue weighted by Gasteiger charge is 2.52. The van der Waals surface area contributed by atoms with Gasteiger partial charge >= 0.3 is 13.2 Å². The summed E-state index contributed by atoms with van der Waals surface area (Å²) in [6, 6.07) is 5.87. The summed E-state index contributed by atoms with van der Waals surface area (Å²) in [6.45, 7) is 9.77. The van der Waals surface area contributed by atoms with Crippen LogP contribution >= 0.6 is 11.6 Å². The number of halogens is 1. The molecule has 2 saturated heterocycles. The van der Waals surface area contributed by atoms with Crippen molar-refractivity contribution in [1.82, 2.24) is 4.90 Å². The lowest BCUT2D eigenvalue weighted by Gasteiger charge is -2.32. The van der Waals surface area contributed by atoms with E-state index in [1.165, 1.54) is 4.90 Å². The number of carboxylic acid groups (broad SMARTS) is 1. The zero-order valence-corrected chi connectivity index (χ0v) is 18.2. The second-order valence-corrected chi connectivity index (χ2v) is 9.90. The van der Waals surface area contributed by atoms with Crippen LogP contribution in [-0.4, -0.2) is 53.6 Å². The van der Waals surface area contributed by atoms with Crippen molar-refractivity contribution in [2.24, 2.45) is 11.8 Å². The first-order valence-corrected chi connectivity index (χ1v) is 10.7. The maximum absolute atomic E-state index is 11.1. The zero-order valence-electron chi connectivity index (χ0n) is 17.5. The predicted octanol–water partition coefficient (Wildman–Crippen LogP) is 3.54. The molecule has 1 aromatic rings. The molecule has 6 nitrogen and oxygen atoms in total. The topological polar surface area (TPSA) is 68.2 Å². The lowest BCUT2D eigenvalue weighted by atomic mass is 9.78. The number of hydrogen-bond acceptors (Lipinski definition) is 4. The molecule has 3 aliphatic rings. The minimum absolute atomic E-state index is 0.150. The molecule has 0 aromatic heterocycles. The van der Waals surface area contributed by atoms with Gasteiger partial charge in [-0.05, 0) is 57.9 Å². The van der Waals surface area contributed by atoms with Gasteiger partial charge in [0.2, 0.25) is 0 Å². The van der Waals surface area contributed by atoms with Crippen LogP contribution in [0.3, 0.4) is 0 Å². The molecule has 3 fully saturated rings. The van der Waals surface area contributed by atoms with Crippen molar-refractivity contribution >= 4 is 30.3 Å². The van der Waals surface area contributed by atoms with E-state index >= 15 is 0 Å². The Bertz CT molecular complexity index is 771. The van der Waals surface area contributed by atoms with Crippen LogP contribution in [0.4, 0.5) is 4.79 Å². The highest BCUT2D eigenvalue weighted by atomic mass is 35.5. The first kappa shape index (κ1) is 21.0. The summed E-state index contributed by atoms with van der Waals surface area (Å²) in [7, 11) is -0.500. The van der Waals surface area contributed by atoms with Crippen molar-refractivity contribution in [3.63, 3.8) is 0 Å². The largest absolute Gasteiger partial charge is 0.496 e. The minimum Gasteiger partial charge on any atom is -0.465 e. The van der Waals surface area contributed by atoms with E-state index in [0.29, 0.717) is 36.6 Å². The number of benzene rings is 1. The summed E-state index contributed by atoms with van der Waals surface area (Å²) in [5.74, 6) is 0.810. The quantitative estimate of drug-likeness (QED) is 0.753. The molecule has 1 saturated carbocycles. The molecule has 4 rings (SSSR count). The van der Waals surface area contributed by atoms with Crippen LogP contribution in [-0.2, 0) is 20.7 Å². The van der Waals surface area contributed by atoms with Crippen molar-refractivity contribution < 1.29 is 23.9 Å². The summed E-state index contributed by atoms with van der Waals surface area (Å²) >= 11 is 6.70. The van der Waals surface area contributed by atoms with Gasteiger partial charge in [-0.1, -0.05) is 29.8 Å². The molecule has 3 atom stereocenters. The Labute approximate surface area is 177 Å². The third kappa shape index (κ3) is 3.90. The van der Waals surface area contributed by atoms with Crippen LogP contribution in [0.5, 0.6) is 0 Å². The molecular weight excluding hydrogens is 392 g/mol. The molecule has 8 heteroatoms. The van der Waals surface area contributed by atoms with Crippen LogP contribution in [0.2, 0.25) is 5.02 Å². The summed E-state index contributed by atoms with van der Waals surface area (Å²) in [6.07, 6.45) is 1.15. The first-order chi connectivity index (χ1) is 13.6. The van der Waals surface area contributed by atoms with Crippen LogP contribution in [0.1, 0.15) is 46.1 Å². The van der Waals surface area contributed by atoms with Crippen molar-refractivity contribution in [3.8, 4) is 0 Å². The Morgan fingerprint density at radius 3 is 2.34 bits per heavy atom. The van der Waals surface area contributed by atoms with E-state index in [1.807, 2.05) is 45.9 Å². The van der Waals surface area contributed by atoms with Gasteiger partial charge < -0.3 is 24.1 Å². The maximum atomic E-state index is 11.1. The molecular formula is C21H29BClNO5. The van der Waals surface area contributed by atoms with E-state index in [9.17, 15) is 4.79 Å². The van der Waals surface area contributed by atoms with Gasteiger partial charge in [-0.15, -0.1) is 0 Å². The summed E-state index contributed by atoms with van der Waals surface area (Å²) in [5, 5.41) is 9.78. The first-order valence-electron chi connectivity index (χ1n) is 10.3. The summed E-state index contributed by atoms with van der Waals surface area (Å²) in [5.41, 5.74) is 0.910. The van der Waals surface area contributed by atoms with Gasteiger partial charge in [-0.2, -0.15) is 0 Å². The number of hydrogen-bond donors (Lipinski definition) is 1. The van der Waals surface area contributed by atoms with Crippen LogP contribution in [0.15, 0.2) is 18.2 Å². The molecule has 2 aliphatic heterocycles. The van der Waals surface area contributed by atoms with Crippen LogP contribution in [0.25, 0.3) is 0 Å².